The lowest BCUT2D eigenvalue weighted by Crippen LogP contribution is -2.13. The SMILES string of the molecule is Cc1ccc2oc(NCCN)nc2c1. The number of nitrogens with zero attached hydrogens (tertiary/aromatic N) is 1. The zero-order valence-electron chi connectivity index (χ0n) is 8.08. The summed E-state index contributed by atoms with van der Waals surface area (Å²) in [5.41, 5.74) is 8.22. The molecule has 0 aliphatic heterocycles. The Kier molecular flexibility index (Phi) is 2.37. The van der Waals surface area contributed by atoms with E-state index in [1.165, 1.54) is 5.56 Å². The second-order valence-electron chi connectivity index (χ2n) is 3.21. The largest absolute Gasteiger partial charge is 0.424 e. The molecule has 4 nitrogen and oxygen atoms in total. The van der Waals surface area contributed by atoms with Crippen molar-refractivity contribution in [1.29, 1.82) is 0 Å². The third-order valence-corrected chi connectivity index (χ3v) is 1.96. The third kappa shape index (κ3) is 1.70. The highest BCUT2D eigenvalue weighted by Crippen LogP contribution is 2.19. The Balaban J connectivity index is 2.32. The van der Waals surface area contributed by atoms with Gasteiger partial charge in [-0.2, -0.15) is 4.98 Å². The number of nitrogens with two attached hydrogens (primary N) is 1. The molecule has 0 radical (unpaired) electrons. The third-order valence-electron chi connectivity index (χ3n) is 1.96. The van der Waals surface area contributed by atoms with Crippen LogP contribution in [0.15, 0.2) is 22.6 Å². The van der Waals surface area contributed by atoms with Gasteiger partial charge in [0.25, 0.3) is 6.01 Å². The molecule has 2 aromatic rings. The number of nitrogens with one attached hydrogen (secondary N) is 1. The number of rotatable bonds is 3. The van der Waals surface area contributed by atoms with Crippen molar-refractivity contribution in [3.8, 4) is 0 Å². The summed E-state index contributed by atoms with van der Waals surface area (Å²) in [7, 11) is 0. The van der Waals surface area contributed by atoms with Gasteiger partial charge >= 0.3 is 0 Å². The van der Waals surface area contributed by atoms with Crippen molar-refractivity contribution in [3.05, 3.63) is 23.8 Å². The van der Waals surface area contributed by atoms with Crippen molar-refractivity contribution < 1.29 is 4.42 Å². The van der Waals surface area contributed by atoms with Crippen LogP contribution in [-0.4, -0.2) is 18.1 Å². The van der Waals surface area contributed by atoms with Crippen molar-refractivity contribution >= 4 is 17.1 Å². The lowest BCUT2D eigenvalue weighted by atomic mass is 10.2. The normalized spacial score (nSPS) is 10.7. The Labute approximate surface area is 82.1 Å². The van der Waals surface area contributed by atoms with E-state index in [2.05, 4.69) is 10.3 Å². The minimum atomic E-state index is 0.538. The van der Waals surface area contributed by atoms with Gasteiger partial charge in [-0.3, -0.25) is 0 Å². The highest BCUT2D eigenvalue weighted by Gasteiger charge is 2.03. The fourth-order valence-electron chi connectivity index (χ4n) is 1.29. The fourth-order valence-corrected chi connectivity index (χ4v) is 1.29. The van der Waals surface area contributed by atoms with Crippen LogP contribution >= 0.6 is 0 Å². The zero-order valence-corrected chi connectivity index (χ0v) is 8.08. The van der Waals surface area contributed by atoms with Crippen LogP contribution in [0.2, 0.25) is 0 Å². The van der Waals surface area contributed by atoms with Crippen LogP contribution in [0.1, 0.15) is 5.56 Å². The van der Waals surface area contributed by atoms with Crippen LogP contribution in [-0.2, 0) is 0 Å². The fraction of sp³-hybridized carbons (Fsp3) is 0.300. The molecular formula is C10H13N3O. The second kappa shape index (κ2) is 3.67. The summed E-state index contributed by atoms with van der Waals surface area (Å²) in [6, 6.07) is 6.45. The van der Waals surface area contributed by atoms with E-state index >= 15 is 0 Å². The van der Waals surface area contributed by atoms with Crippen molar-refractivity contribution in [2.45, 2.75) is 6.92 Å². The van der Waals surface area contributed by atoms with E-state index in [4.69, 9.17) is 10.2 Å². The molecule has 74 valence electrons. The van der Waals surface area contributed by atoms with Crippen molar-refractivity contribution in [3.63, 3.8) is 0 Å². The molecule has 0 saturated heterocycles. The summed E-state index contributed by atoms with van der Waals surface area (Å²) in [6.45, 7) is 3.27. The summed E-state index contributed by atoms with van der Waals surface area (Å²) in [5, 5.41) is 3.00. The molecule has 4 heteroatoms. The number of fused-ring (bicyclic) bond motifs is 1. The molecule has 0 spiro atoms. The number of anilines is 1. The van der Waals surface area contributed by atoms with Gasteiger partial charge in [0.2, 0.25) is 0 Å². The smallest absolute Gasteiger partial charge is 0.295 e. The average molecular weight is 191 g/mol. The maximum atomic E-state index is 5.45. The van der Waals surface area contributed by atoms with Gasteiger partial charge < -0.3 is 15.5 Å². The molecule has 0 bridgehead atoms. The first kappa shape index (κ1) is 9.02. The standard InChI is InChI=1S/C10H13N3O/c1-7-2-3-9-8(6-7)13-10(14-9)12-5-4-11/h2-3,6H,4-5,11H2,1H3,(H,12,13). The highest BCUT2D eigenvalue weighted by atomic mass is 16.4. The maximum Gasteiger partial charge on any atom is 0.295 e. The molecule has 1 aromatic heterocycles. The molecule has 0 unspecified atom stereocenters. The molecule has 0 aliphatic rings. The molecule has 0 amide bonds. The number of hydrogen-bond donors (Lipinski definition) is 2. The van der Waals surface area contributed by atoms with Crippen molar-refractivity contribution in [2.24, 2.45) is 5.73 Å². The molecule has 3 N–H and O–H groups in total. The minimum absolute atomic E-state index is 0.538. The van der Waals surface area contributed by atoms with E-state index in [0.717, 1.165) is 11.1 Å². The van der Waals surface area contributed by atoms with Gasteiger partial charge in [0.1, 0.15) is 5.52 Å². The van der Waals surface area contributed by atoms with Crippen molar-refractivity contribution in [1.82, 2.24) is 4.98 Å². The lowest BCUT2D eigenvalue weighted by molar-refractivity contribution is 0.615. The summed E-state index contributed by atoms with van der Waals surface area (Å²) < 4.78 is 5.45. The Bertz CT molecular complexity index is 436. The number of aromatic nitrogens is 1. The minimum Gasteiger partial charge on any atom is -0.424 e. The molecule has 0 aliphatic carbocycles. The molecule has 1 heterocycles. The predicted octanol–water partition coefficient (Wildman–Crippen LogP) is 1.51. The summed E-state index contributed by atoms with van der Waals surface area (Å²) in [6.07, 6.45) is 0. The lowest BCUT2D eigenvalue weighted by Gasteiger charge is -1.95. The second-order valence-corrected chi connectivity index (χ2v) is 3.21. The van der Waals surface area contributed by atoms with E-state index in [9.17, 15) is 0 Å². The molecule has 14 heavy (non-hydrogen) atoms. The van der Waals surface area contributed by atoms with Gasteiger partial charge in [-0.05, 0) is 24.6 Å². The van der Waals surface area contributed by atoms with Crippen LogP contribution in [0.5, 0.6) is 0 Å². The van der Waals surface area contributed by atoms with E-state index in [1.807, 2.05) is 25.1 Å². The van der Waals surface area contributed by atoms with Gasteiger partial charge in [0, 0.05) is 13.1 Å². The average Bonchev–Trinajstić information content (AvgIpc) is 2.56. The van der Waals surface area contributed by atoms with E-state index < -0.39 is 0 Å². The molecule has 2 rings (SSSR count). The van der Waals surface area contributed by atoms with Crippen molar-refractivity contribution in [2.75, 3.05) is 18.4 Å². The molecule has 0 atom stereocenters. The van der Waals surface area contributed by atoms with Crippen LogP contribution < -0.4 is 11.1 Å². The zero-order chi connectivity index (χ0) is 9.97. The van der Waals surface area contributed by atoms with Gasteiger partial charge in [0.15, 0.2) is 5.58 Å². The molecular weight excluding hydrogens is 178 g/mol. The first-order valence-corrected chi connectivity index (χ1v) is 4.61. The van der Waals surface area contributed by atoms with Gasteiger partial charge in [-0.1, -0.05) is 6.07 Å². The Morgan fingerprint density at radius 2 is 2.36 bits per heavy atom. The molecule has 0 saturated carbocycles. The Morgan fingerprint density at radius 3 is 3.14 bits per heavy atom. The number of hydrogen-bond acceptors (Lipinski definition) is 4. The number of aryl methyl sites for hydroxylation is 1. The van der Waals surface area contributed by atoms with Gasteiger partial charge in [0.05, 0.1) is 0 Å². The van der Waals surface area contributed by atoms with Gasteiger partial charge in [-0.15, -0.1) is 0 Å². The van der Waals surface area contributed by atoms with Crippen LogP contribution in [0.25, 0.3) is 11.1 Å². The number of benzene rings is 1. The molecule has 1 aromatic carbocycles. The van der Waals surface area contributed by atoms with Crippen LogP contribution in [0.3, 0.4) is 0 Å². The first-order valence-electron chi connectivity index (χ1n) is 4.61. The van der Waals surface area contributed by atoms with Crippen LogP contribution in [0, 0.1) is 6.92 Å². The van der Waals surface area contributed by atoms with E-state index in [0.29, 0.717) is 19.1 Å². The maximum absolute atomic E-state index is 5.45. The topological polar surface area (TPSA) is 64.1 Å². The highest BCUT2D eigenvalue weighted by molar-refractivity contribution is 5.75. The molecule has 0 fully saturated rings. The predicted molar refractivity (Wildman–Crippen MR) is 56.3 cm³/mol. The monoisotopic (exact) mass is 191 g/mol. The first-order chi connectivity index (χ1) is 6.79. The number of oxazole rings is 1. The quantitative estimate of drug-likeness (QED) is 0.771. The van der Waals surface area contributed by atoms with Crippen LogP contribution in [0.4, 0.5) is 6.01 Å². The summed E-state index contributed by atoms with van der Waals surface area (Å²) in [5.74, 6) is 0. The van der Waals surface area contributed by atoms with Gasteiger partial charge in [-0.25, -0.2) is 0 Å². The van der Waals surface area contributed by atoms with E-state index in [1.54, 1.807) is 0 Å². The Hall–Kier alpha value is -1.55. The van der Waals surface area contributed by atoms with E-state index in [-0.39, 0.29) is 0 Å². The summed E-state index contributed by atoms with van der Waals surface area (Å²) in [4.78, 5) is 4.28. The Morgan fingerprint density at radius 1 is 1.50 bits per heavy atom. The summed E-state index contributed by atoms with van der Waals surface area (Å²) >= 11 is 0.